The van der Waals surface area contributed by atoms with Crippen LogP contribution in [0.4, 0.5) is 9.59 Å². The number of nitrogens with two attached hydrogens (primary N) is 1. The zero-order valence-corrected chi connectivity index (χ0v) is 19.9. The lowest BCUT2D eigenvalue weighted by atomic mass is 10.0. The van der Waals surface area contributed by atoms with Crippen molar-refractivity contribution in [2.24, 2.45) is 5.73 Å². The lowest BCUT2D eigenvalue weighted by Gasteiger charge is -2.29. The van der Waals surface area contributed by atoms with Crippen LogP contribution in [-0.2, 0) is 27.3 Å². The zero-order valence-electron chi connectivity index (χ0n) is 19.9. The number of rotatable bonds is 8. The van der Waals surface area contributed by atoms with E-state index in [1.54, 1.807) is 20.8 Å². The van der Waals surface area contributed by atoms with Crippen molar-refractivity contribution < 1.29 is 29.0 Å². The van der Waals surface area contributed by atoms with Gasteiger partial charge in [-0.05, 0) is 80.8 Å². The van der Waals surface area contributed by atoms with E-state index in [1.165, 1.54) is 5.56 Å². The van der Waals surface area contributed by atoms with Gasteiger partial charge in [-0.3, -0.25) is 0 Å². The fourth-order valence-electron chi connectivity index (χ4n) is 4.05. The largest absolute Gasteiger partial charge is 0.480 e. The highest BCUT2D eigenvalue weighted by Crippen LogP contribution is 2.38. The quantitative estimate of drug-likeness (QED) is 0.459. The maximum atomic E-state index is 13.1. The molecule has 34 heavy (non-hydrogen) atoms. The number of carboxylic acids is 1. The maximum Gasteiger partial charge on any atom is 0.420 e. The molecule has 2 amide bonds. The Bertz CT molecular complexity index is 1060. The predicted molar refractivity (Wildman–Crippen MR) is 127 cm³/mol. The molecule has 0 unspecified atom stereocenters. The molecular formula is C26H32N2O6. The number of carboxylic acid groups (broad SMARTS) is 1. The van der Waals surface area contributed by atoms with Crippen LogP contribution >= 0.6 is 0 Å². The van der Waals surface area contributed by atoms with Crippen LogP contribution < -0.4 is 5.73 Å². The summed E-state index contributed by atoms with van der Waals surface area (Å²) in [6, 6.07) is 12.5. The van der Waals surface area contributed by atoms with Crippen LogP contribution in [0.1, 0.15) is 56.7 Å². The first kappa shape index (κ1) is 25.2. The van der Waals surface area contributed by atoms with Gasteiger partial charge >= 0.3 is 18.2 Å². The second kappa shape index (κ2) is 10.7. The molecular weight excluding hydrogens is 436 g/mol. The molecule has 8 nitrogen and oxygen atoms in total. The van der Waals surface area contributed by atoms with Crippen molar-refractivity contribution in [3.05, 3.63) is 59.2 Å². The van der Waals surface area contributed by atoms with Gasteiger partial charge in [0.15, 0.2) is 0 Å². The summed E-state index contributed by atoms with van der Waals surface area (Å²) in [4.78, 5) is 38.4. The van der Waals surface area contributed by atoms with Crippen LogP contribution in [0, 0.1) is 0 Å². The van der Waals surface area contributed by atoms with Crippen LogP contribution in [0.5, 0.6) is 0 Å². The Kier molecular flexibility index (Phi) is 7.94. The van der Waals surface area contributed by atoms with E-state index in [2.05, 4.69) is 12.1 Å². The summed E-state index contributed by atoms with van der Waals surface area (Å²) in [5.74, 6) is -1.31. The van der Waals surface area contributed by atoms with Gasteiger partial charge in [0.1, 0.15) is 18.2 Å². The van der Waals surface area contributed by atoms with Gasteiger partial charge in [0.2, 0.25) is 0 Å². The minimum Gasteiger partial charge on any atom is -0.480 e. The van der Waals surface area contributed by atoms with Crippen molar-refractivity contribution in [2.75, 3.05) is 6.54 Å². The smallest absolute Gasteiger partial charge is 0.420 e. The number of aliphatic carboxylic acids is 1. The number of carbonyl (C=O) groups is 3. The summed E-state index contributed by atoms with van der Waals surface area (Å²) < 4.78 is 10.8. The molecule has 1 aliphatic rings. The van der Waals surface area contributed by atoms with Gasteiger partial charge in [-0.15, -0.1) is 0 Å². The standard InChI is InChI=1S/C26H32N2O6/c1-26(2,3)34-25(32)28(22(23(29)30)13-6-7-14-27)24(31)33-16-18-10-8-12-20-19-11-5-4-9-17(19)15-21(18)20/h4-5,8-12,22H,6-7,13-16,27H2,1-3H3,(H,29,30)/t22-/m0/s1. The van der Waals surface area contributed by atoms with Gasteiger partial charge in [-0.1, -0.05) is 42.5 Å². The predicted octanol–water partition coefficient (Wildman–Crippen LogP) is 4.71. The number of benzene rings is 2. The molecule has 8 heteroatoms. The van der Waals surface area contributed by atoms with E-state index in [0.717, 1.165) is 22.3 Å². The lowest BCUT2D eigenvalue weighted by Crippen LogP contribution is -2.50. The summed E-state index contributed by atoms with van der Waals surface area (Å²) in [5, 5.41) is 9.76. The highest BCUT2D eigenvalue weighted by Gasteiger charge is 2.38. The van der Waals surface area contributed by atoms with Crippen LogP contribution in [0.25, 0.3) is 11.1 Å². The number of hydrogen-bond donors (Lipinski definition) is 2. The molecule has 0 saturated heterocycles. The Labute approximate surface area is 199 Å². The second-order valence-corrected chi connectivity index (χ2v) is 9.32. The van der Waals surface area contributed by atoms with Gasteiger partial charge in [0, 0.05) is 0 Å². The molecule has 3 N–H and O–H groups in total. The van der Waals surface area contributed by atoms with Gasteiger partial charge in [-0.2, -0.15) is 4.90 Å². The molecule has 0 fully saturated rings. The summed E-state index contributed by atoms with van der Waals surface area (Å²) in [5.41, 5.74) is 9.88. The highest BCUT2D eigenvalue weighted by molar-refractivity contribution is 5.93. The zero-order chi connectivity index (χ0) is 24.9. The van der Waals surface area contributed by atoms with Gasteiger partial charge < -0.3 is 20.3 Å². The van der Waals surface area contributed by atoms with Crippen LogP contribution in [0.3, 0.4) is 0 Å². The number of ether oxygens (including phenoxy) is 2. The molecule has 0 saturated carbocycles. The van der Waals surface area contributed by atoms with E-state index < -0.39 is 29.8 Å². The Morgan fingerprint density at radius 2 is 1.74 bits per heavy atom. The molecule has 0 aromatic heterocycles. The summed E-state index contributed by atoms with van der Waals surface area (Å²) in [7, 11) is 0. The normalized spacial score (nSPS) is 12.9. The molecule has 0 bridgehead atoms. The molecule has 0 aliphatic heterocycles. The van der Waals surface area contributed by atoms with Crippen LogP contribution in [-0.4, -0.2) is 46.3 Å². The molecule has 182 valence electrons. The second-order valence-electron chi connectivity index (χ2n) is 9.32. The average Bonchev–Trinajstić information content (AvgIpc) is 3.15. The van der Waals surface area contributed by atoms with Crippen LogP contribution in [0.15, 0.2) is 42.5 Å². The molecule has 0 heterocycles. The fourth-order valence-corrected chi connectivity index (χ4v) is 4.05. The number of nitrogens with zero attached hydrogens (tertiary/aromatic N) is 1. The Morgan fingerprint density at radius 3 is 2.41 bits per heavy atom. The van der Waals surface area contributed by atoms with E-state index in [9.17, 15) is 19.5 Å². The first-order valence-electron chi connectivity index (χ1n) is 11.4. The topological polar surface area (TPSA) is 119 Å². The number of hydrogen-bond acceptors (Lipinski definition) is 6. The Hall–Kier alpha value is -3.39. The van der Waals surface area contributed by atoms with Crippen molar-refractivity contribution in [1.82, 2.24) is 4.90 Å². The van der Waals surface area contributed by atoms with Crippen molar-refractivity contribution in [2.45, 2.75) is 64.7 Å². The van der Waals surface area contributed by atoms with E-state index >= 15 is 0 Å². The minimum absolute atomic E-state index is 0.0525. The fraction of sp³-hybridized carbons (Fsp3) is 0.423. The van der Waals surface area contributed by atoms with Crippen LogP contribution in [0.2, 0.25) is 0 Å². The summed E-state index contributed by atoms with van der Waals surface area (Å²) in [6.07, 6.45) is -0.337. The number of amides is 2. The molecule has 0 spiro atoms. The van der Waals surface area contributed by atoms with Gasteiger partial charge in [-0.25, -0.2) is 14.4 Å². The number of imide groups is 1. The molecule has 1 aliphatic carbocycles. The lowest BCUT2D eigenvalue weighted by molar-refractivity contribution is -0.143. The van der Waals surface area contributed by atoms with E-state index in [1.807, 2.05) is 30.3 Å². The van der Waals surface area contributed by atoms with E-state index in [4.69, 9.17) is 15.2 Å². The third-order valence-corrected chi connectivity index (χ3v) is 5.61. The Morgan fingerprint density at radius 1 is 1.03 bits per heavy atom. The van der Waals surface area contributed by atoms with Crippen molar-refractivity contribution >= 4 is 18.2 Å². The first-order valence-corrected chi connectivity index (χ1v) is 11.4. The van der Waals surface area contributed by atoms with Gasteiger partial charge in [0.05, 0.1) is 0 Å². The number of carbonyl (C=O) groups excluding carboxylic acids is 2. The van der Waals surface area contributed by atoms with Gasteiger partial charge in [0.25, 0.3) is 0 Å². The monoisotopic (exact) mass is 468 g/mol. The van der Waals surface area contributed by atoms with Crippen molar-refractivity contribution in [1.29, 1.82) is 0 Å². The maximum absolute atomic E-state index is 13.1. The minimum atomic E-state index is -1.42. The summed E-state index contributed by atoms with van der Waals surface area (Å²) >= 11 is 0. The molecule has 3 rings (SSSR count). The number of unbranched alkanes of at least 4 members (excludes halogenated alkanes) is 1. The Balaban J connectivity index is 1.81. The summed E-state index contributed by atoms with van der Waals surface area (Å²) in [6.45, 7) is 5.21. The molecule has 0 radical (unpaired) electrons. The molecule has 1 atom stereocenters. The van der Waals surface area contributed by atoms with Crippen molar-refractivity contribution in [3.8, 4) is 11.1 Å². The average molecular weight is 469 g/mol. The third-order valence-electron chi connectivity index (χ3n) is 5.61. The van der Waals surface area contributed by atoms with Crippen molar-refractivity contribution in [3.63, 3.8) is 0 Å². The molecule has 2 aromatic carbocycles. The first-order chi connectivity index (χ1) is 16.1. The SMILES string of the molecule is CC(C)(C)OC(=O)N(C(=O)OCc1cccc2c1Cc1ccccc1-2)[C@@H](CCCCN)C(=O)O. The third kappa shape index (κ3) is 5.94. The highest BCUT2D eigenvalue weighted by atomic mass is 16.6. The van der Waals surface area contributed by atoms with E-state index in [-0.39, 0.29) is 13.0 Å². The van der Waals surface area contributed by atoms with E-state index in [0.29, 0.717) is 30.7 Å². The number of fused-ring (bicyclic) bond motifs is 3. The molecule has 2 aromatic rings.